The van der Waals surface area contributed by atoms with Gasteiger partial charge >= 0.3 is 0 Å². The van der Waals surface area contributed by atoms with E-state index in [0.717, 1.165) is 43.7 Å². The third kappa shape index (κ3) is 4.90. The summed E-state index contributed by atoms with van der Waals surface area (Å²) in [4.78, 5) is 32.8. The van der Waals surface area contributed by atoms with Gasteiger partial charge in [-0.3, -0.25) is 14.5 Å². The molecule has 1 saturated heterocycles. The highest BCUT2D eigenvalue weighted by Crippen LogP contribution is 2.33. The van der Waals surface area contributed by atoms with Crippen molar-refractivity contribution < 1.29 is 14.3 Å². The number of hydrogen-bond acceptors (Lipinski definition) is 5. The monoisotopic (exact) mass is 447 g/mol. The van der Waals surface area contributed by atoms with Crippen LogP contribution < -0.4 is 9.64 Å². The van der Waals surface area contributed by atoms with Gasteiger partial charge in [-0.25, -0.2) is 0 Å². The van der Waals surface area contributed by atoms with Crippen LogP contribution in [0.1, 0.15) is 38.7 Å². The lowest BCUT2D eigenvalue weighted by atomic mass is 10.0. The van der Waals surface area contributed by atoms with Crippen LogP contribution in [-0.4, -0.2) is 60.9 Å². The average Bonchev–Trinajstić information content (AvgIpc) is 3.10. The number of unbranched alkanes of at least 4 members (excludes halogenated alkanes) is 2. The van der Waals surface area contributed by atoms with Crippen LogP contribution in [0, 0.1) is 0 Å². The summed E-state index contributed by atoms with van der Waals surface area (Å²) < 4.78 is 5.56. The first-order valence-corrected chi connectivity index (χ1v) is 12.0. The second-order valence-electron chi connectivity index (χ2n) is 8.46. The Morgan fingerprint density at radius 2 is 1.45 bits per heavy atom. The summed E-state index contributed by atoms with van der Waals surface area (Å²) in [7, 11) is 0. The summed E-state index contributed by atoms with van der Waals surface area (Å²) in [6.07, 6.45) is 2.88. The minimum atomic E-state index is -0.180. The molecule has 0 atom stereocenters. The van der Waals surface area contributed by atoms with Crippen molar-refractivity contribution in [2.75, 3.05) is 44.2 Å². The van der Waals surface area contributed by atoms with E-state index in [0.29, 0.717) is 37.5 Å². The normalized spacial score (nSPS) is 16.7. The van der Waals surface area contributed by atoms with Crippen LogP contribution in [0.15, 0.2) is 60.3 Å². The number of carbonyl (C=O) groups is 2. The van der Waals surface area contributed by atoms with E-state index in [-0.39, 0.29) is 11.8 Å². The molecule has 33 heavy (non-hydrogen) atoms. The van der Waals surface area contributed by atoms with Crippen LogP contribution in [0.3, 0.4) is 0 Å². The third-order valence-corrected chi connectivity index (χ3v) is 6.30. The van der Waals surface area contributed by atoms with Crippen molar-refractivity contribution in [3.63, 3.8) is 0 Å². The molecule has 2 aromatic carbocycles. The Hall–Kier alpha value is -3.28. The minimum Gasteiger partial charge on any atom is -0.494 e. The first kappa shape index (κ1) is 22.9. The quantitative estimate of drug-likeness (QED) is 0.426. The average molecular weight is 448 g/mol. The molecule has 6 heteroatoms. The molecule has 0 spiro atoms. The number of para-hydroxylation sites is 1. The standard InChI is InChI=1S/C27H33N3O3/c1-3-5-9-16-30-26(31)24(21-12-14-23(15-13-21)33-4-2)25(27(30)32)29-19-17-28(18-20-29)22-10-7-6-8-11-22/h6-8,10-15H,3-5,9,16-20H2,1-2H3. The first-order valence-electron chi connectivity index (χ1n) is 12.0. The van der Waals surface area contributed by atoms with Crippen molar-refractivity contribution in [3.8, 4) is 5.75 Å². The molecule has 2 aromatic rings. The third-order valence-electron chi connectivity index (χ3n) is 6.30. The lowest BCUT2D eigenvalue weighted by molar-refractivity contribution is -0.137. The summed E-state index contributed by atoms with van der Waals surface area (Å²) in [5, 5.41) is 0. The summed E-state index contributed by atoms with van der Waals surface area (Å²) in [5.41, 5.74) is 3.03. The van der Waals surface area contributed by atoms with Crippen LogP contribution in [-0.2, 0) is 9.59 Å². The van der Waals surface area contributed by atoms with Gasteiger partial charge in [-0.05, 0) is 43.2 Å². The van der Waals surface area contributed by atoms with E-state index in [4.69, 9.17) is 4.74 Å². The zero-order valence-corrected chi connectivity index (χ0v) is 19.6. The zero-order valence-electron chi connectivity index (χ0n) is 19.6. The molecule has 2 amide bonds. The van der Waals surface area contributed by atoms with Gasteiger partial charge in [-0.2, -0.15) is 0 Å². The predicted molar refractivity (Wildman–Crippen MR) is 131 cm³/mol. The molecular weight excluding hydrogens is 414 g/mol. The molecule has 2 heterocycles. The number of amides is 2. The van der Waals surface area contributed by atoms with Gasteiger partial charge in [0.25, 0.3) is 11.8 Å². The van der Waals surface area contributed by atoms with E-state index in [2.05, 4.69) is 28.9 Å². The maximum atomic E-state index is 13.5. The molecule has 0 bridgehead atoms. The predicted octanol–water partition coefficient (Wildman–Crippen LogP) is 4.18. The summed E-state index contributed by atoms with van der Waals surface area (Å²) in [5.74, 6) is 0.422. The van der Waals surface area contributed by atoms with Crippen LogP contribution in [0.5, 0.6) is 5.75 Å². The van der Waals surface area contributed by atoms with E-state index < -0.39 is 0 Å². The number of ether oxygens (including phenoxy) is 1. The molecule has 2 aliphatic rings. The SMILES string of the molecule is CCCCCN1C(=O)C(c2ccc(OCC)cc2)=C(N2CCN(c3ccccc3)CC2)C1=O. The van der Waals surface area contributed by atoms with Crippen molar-refractivity contribution in [2.24, 2.45) is 0 Å². The van der Waals surface area contributed by atoms with Gasteiger partial charge in [0.15, 0.2) is 0 Å². The number of rotatable bonds is 9. The van der Waals surface area contributed by atoms with Gasteiger partial charge in [-0.1, -0.05) is 50.1 Å². The molecule has 0 aliphatic carbocycles. The highest BCUT2D eigenvalue weighted by atomic mass is 16.5. The number of benzene rings is 2. The summed E-state index contributed by atoms with van der Waals surface area (Å²) in [6.45, 7) is 8.13. The van der Waals surface area contributed by atoms with E-state index in [1.807, 2.05) is 49.4 Å². The van der Waals surface area contributed by atoms with E-state index in [1.54, 1.807) is 0 Å². The number of piperazine rings is 1. The Morgan fingerprint density at radius 1 is 0.788 bits per heavy atom. The fraction of sp³-hybridized carbons (Fsp3) is 0.407. The number of anilines is 1. The van der Waals surface area contributed by atoms with Gasteiger partial charge < -0.3 is 14.5 Å². The van der Waals surface area contributed by atoms with Gasteiger partial charge in [0.05, 0.1) is 12.2 Å². The lowest BCUT2D eigenvalue weighted by Gasteiger charge is -2.37. The Kier molecular flexibility index (Phi) is 7.33. The molecule has 4 rings (SSSR count). The molecule has 0 saturated carbocycles. The van der Waals surface area contributed by atoms with Crippen LogP contribution in [0.25, 0.3) is 5.57 Å². The fourth-order valence-corrected chi connectivity index (χ4v) is 4.55. The smallest absolute Gasteiger partial charge is 0.277 e. The van der Waals surface area contributed by atoms with Crippen LogP contribution >= 0.6 is 0 Å². The van der Waals surface area contributed by atoms with Crippen molar-refractivity contribution in [1.29, 1.82) is 0 Å². The minimum absolute atomic E-state index is 0.159. The molecule has 0 N–H and O–H groups in total. The van der Waals surface area contributed by atoms with E-state index in [1.165, 1.54) is 10.6 Å². The highest BCUT2D eigenvalue weighted by molar-refractivity contribution is 6.35. The molecule has 1 fully saturated rings. The van der Waals surface area contributed by atoms with Gasteiger partial charge in [0.2, 0.25) is 0 Å². The van der Waals surface area contributed by atoms with E-state index >= 15 is 0 Å². The maximum Gasteiger partial charge on any atom is 0.277 e. The molecule has 2 aliphatic heterocycles. The summed E-state index contributed by atoms with van der Waals surface area (Å²) in [6, 6.07) is 17.8. The molecule has 0 radical (unpaired) electrons. The second kappa shape index (κ2) is 10.6. The zero-order chi connectivity index (χ0) is 23.2. The summed E-state index contributed by atoms with van der Waals surface area (Å²) >= 11 is 0. The first-order chi connectivity index (χ1) is 16.1. The fourth-order valence-electron chi connectivity index (χ4n) is 4.55. The maximum absolute atomic E-state index is 13.5. The van der Waals surface area contributed by atoms with Gasteiger partial charge in [0.1, 0.15) is 11.4 Å². The van der Waals surface area contributed by atoms with E-state index in [9.17, 15) is 9.59 Å². The number of nitrogens with zero attached hydrogens (tertiary/aromatic N) is 3. The molecular formula is C27H33N3O3. The van der Waals surface area contributed by atoms with Crippen LogP contribution in [0.4, 0.5) is 5.69 Å². The van der Waals surface area contributed by atoms with Crippen molar-refractivity contribution in [3.05, 3.63) is 65.9 Å². The molecule has 0 unspecified atom stereocenters. The van der Waals surface area contributed by atoms with Crippen molar-refractivity contribution in [2.45, 2.75) is 33.1 Å². The van der Waals surface area contributed by atoms with Crippen LogP contribution in [0.2, 0.25) is 0 Å². The van der Waals surface area contributed by atoms with Crippen molar-refractivity contribution >= 4 is 23.1 Å². The number of hydrogen-bond donors (Lipinski definition) is 0. The molecule has 0 aromatic heterocycles. The number of imide groups is 1. The molecule has 6 nitrogen and oxygen atoms in total. The lowest BCUT2D eigenvalue weighted by Crippen LogP contribution is -2.47. The van der Waals surface area contributed by atoms with Gasteiger partial charge in [0, 0.05) is 38.4 Å². The topological polar surface area (TPSA) is 53.1 Å². The Bertz CT molecular complexity index is 993. The highest BCUT2D eigenvalue weighted by Gasteiger charge is 2.41. The molecule has 174 valence electrons. The number of carbonyl (C=O) groups excluding carboxylic acids is 2. The van der Waals surface area contributed by atoms with Crippen molar-refractivity contribution in [1.82, 2.24) is 9.80 Å². The second-order valence-corrected chi connectivity index (χ2v) is 8.46. The Morgan fingerprint density at radius 3 is 2.09 bits per heavy atom. The Labute approximate surface area is 196 Å². The van der Waals surface area contributed by atoms with Gasteiger partial charge in [-0.15, -0.1) is 0 Å². The Balaban J connectivity index is 1.60. The largest absolute Gasteiger partial charge is 0.494 e.